The Kier molecular flexibility index (Phi) is 4.19. The van der Waals surface area contributed by atoms with Crippen molar-refractivity contribution in [2.24, 2.45) is 5.41 Å². The number of piperidine rings is 1. The predicted octanol–water partition coefficient (Wildman–Crippen LogP) is 1.43. The first kappa shape index (κ1) is 17.0. The lowest BCUT2D eigenvalue weighted by molar-refractivity contribution is -0.150. The minimum Gasteiger partial charge on any atom is -0.461 e. The molecular formula is C19H24N4O3. The summed E-state index contributed by atoms with van der Waals surface area (Å²) in [7, 11) is 3.97. The van der Waals surface area contributed by atoms with Gasteiger partial charge >= 0.3 is 5.97 Å². The van der Waals surface area contributed by atoms with Crippen molar-refractivity contribution in [2.45, 2.75) is 25.4 Å². The van der Waals surface area contributed by atoms with Gasteiger partial charge < -0.3 is 14.5 Å². The van der Waals surface area contributed by atoms with E-state index in [0.29, 0.717) is 31.5 Å². The quantitative estimate of drug-likeness (QED) is 0.779. The normalized spacial score (nSPS) is 22.3. The largest absolute Gasteiger partial charge is 0.461 e. The van der Waals surface area contributed by atoms with Crippen LogP contribution in [0.2, 0.25) is 0 Å². The fourth-order valence-corrected chi connectivity index (χ4v) is 4.13. The Morgan fingerprint density at radius 2 is 2.12 bits per heavy atom. The highest BCUT2D eigenvalue weighted by Gasteiger charge is 2.50. The maximum absolute atomic E-state index is 12.8. The molecule has 1 atom stereocenters. The van der Waals surface area contributed by atoms with Crippen LogP contribution < -0.4 is 0 Å². The number of nitrogens with zero attached hydrogens (tertiary/aromatic N) is 4. The first-order valence-electron chi connectivity index (χ1n) is 9.05. The standard InChI is InChI=1S/C19H24N4O3/c1-21(2)13-16-12-19(18(25)26-16)5-9-22(10-6-19)17(24)14-4-8-23-15(11-14)3-7-20-23/h3-4,7-8,11,16H,5-6,9-10,12-13H2,1-2H3. The van der Waals surface area contributed by atoms with E-state index in [4.69, 9.17) is 4.74 Å². The van der Waals surface area contributed by atoms with Crippen molar-refractivity contribution < 1.29 is 14.3 Å². The Morgan fingerprint density at radius 3 is 2.85 bits per heavy atom. The van der Waals surface area contributed by atoms with Gasteiger partial charge in [0.1, 0.15) is 6.10 Å². The van der Waals surface area contributed by atoms with Crippen LogP contribution in [0.5, 0.6) is 0 Å². The number of esters is 1. The minimum atomic E-state index is -0.410. The summed E-state index contributed by atoms with van der Waals surface area (Å²) in [6.45, 7) is 1.93. The first-order chi connectivity index (χ1) is 12.5. The molecule has 4 rings (SSSR count). The van der Waals surface area contributed by atoms with Crippen molar-refractivity contribution in [3.63, 3.8) is 0 Å². The Hall–Kier alpha value is -2.41. The van der Waals surface area contributed by atoms with Crippen LogP contribution in [-0.4, -0.2) is 71.1 Å². The number of hydrogen-bond donors (Lipinski definition) is 0. The number of aromatic nitrogens is 2. The number of ether oxygens (including phenoxy) is 1. The number of carbonyl (C=O) groups excluding carboxylic acids is 2. The molecule has 0 radical (unpaired) electrons. The molecule has 138 valence electrons. The summed E-state index contributed by atoms with van der Waals surface area (Å²) in [5.41, 5.74) is 1.15. The van der Waals surface area contributed by atoms with Crippen LogP contribution in [0, 0.1) is 5.41 Å². The fraction of sp³-hybridized carbons (Fsp3) is 0.526. The molecule has 1 amide bonds. The molecule has 2 aliphatic heterocycles. The lowest BCUT2D eigenvalue weighted by atomic mass is 9.76. The molecule has 0 aromatic carbocycles. The van der Waals surface area contributed by atoms with E-state index in [2.05, 4.69) is 5.10 Å². The highest BCUT2D eigenvalue weighted by molar-refractivity contribution is 5.95. The predicted molar refractivity (Wildman–Crippen MR) is 95.8 cm³/mol. The second-order valence-corrected chi connectivity index (χ2v) is 7.68. The third-order valence-corrected chi connectivity index (χ3v) is 5.55. The Balaban J connectivity index is 1.43. The van der Waals surface area contributed by atoms with Gasteiger partial charge in [-0.15, -0.1) is 0 Å². The van der Waals surface area contributed by atoms with Gasteiger partial charge in [0.15, 0.2) is 0 Å². The van der Waals surface area contributed by atoms with Crippen molar-refractivity contribution in [2.75, 3.05) is 33.7 Å². The molecule has 2 saturated heterocycles. The number of fused-ring (bicyclic) bond motifs is 1. The van der Waals surface area contributed by atoms with Gasteiger partial charge in [-0.1, -0.05) is 0 Å². The molecule has 2 aromatic heterocycles. The lowest BCUT2D eigenvalue weighted by Crippen LogP contribution is -2.45. The van der Waals surface area contributed by atoms with E-state index in [-0.39, 0.29) is 18.0 Å². The monoisotopic (exact) mass is 356 g/mol. The molecule has 0 N–H and O–H groups in total. The van der Waals surface area contributed by atoms with Crippen LogP contribution >= 0.6 is 0 Å². The zero-order valence-electron chi connectivity index (χ0n) is 15.2. The van der Waals surface area contributed by atoms with Crippen LogP contribution in [0.25, 0.3) is 5.52 Å². The summed E-state index contributed by atoms with van der Waals surface area (Å²) < 4.78 is 7.33. The maximum atomic E-state index is 12.8. The number of carbonyl (C=O) groups is 2. The molecule has 2 fully saturated rings. The second kappa shape index (κ2) is 6.39. The highest BCUT2D eigenvalue weighted by Crippen LogP contribution is 2.43. The third kappa shape index (κ3) is 2.96. The molecule has 7 heteroatoms. The van der Waals surface area contributed by atoms with Crippen LogP contribution in [0.15, 0.2) is 30.6 Å². The summed E-state index contributed by atoms with van der Waals surface area (Å²) in [6.07, 6.45) is 5.59. The number of likely N-dealkylation sites (tertiary alicyclic amines) is 1. The summed E-state index contributed by atoms with van der Waals surface area (Å²) in [4.78, 5) is 29.2. The Morgan fingerprint density at radius 1 is 1.35 bits per heavy atom. The Bertz CT molecular complexity index is 836. The number of likely N-dealkylation sites (N-methyl/N-ethyl adjacent to an activating group) is 1. The minimum absolute atomic E-state index is 0.0137. The number of rotatable bonds is 3. The van der Waals surface area contributed by atoms with E-state index < -0.39 is 5.41 Å². The van der Waals surface area contributed by atoms with Gasteiger partial charge in [0.25, 0.3) is 5.91 Å². The SMILES string of the molecule is CN(C)CC1CC2(CCN(C(=O)c3ccn4nccc4c3)CC2)C(=O)O1. The zero-order valence-corrected chi connectivity index (χ0v) is 15.2. The van der Waals surface area contributed by atoms with Crippen molar-refractivity contribution in [3.8, 4) is 0 Å². The Labute approximate surface area is 152 Å². The van der Waals surface area contributed by atoms with Gasteiger partial charge in [0.2, 0.25) is 0 Å². The van der Waals surface area contributed by atoms with Gasteiger partial charge in [-0.2, -0.15) is 5.10 Å². The van der Waals surface area contributed by atoms with Gasteiger partial charge in [-0.3, -0.25) is 9.59 Å². The van der Waals surface area contributed by atoms with E-state index in [1.807, 2.05) is 36.0 Å². The number of cyclic esters (lactones) is 1. The van der Waals surface area contributed by atoms with Gasteiger partial charge in [0, 0.05) is 44.0 Å². The average molecular weight is 356 g/mol. The topological polar surface area (TPSA) is 67.2 Å². The van der Waals surface area contributed by atoms with Crippen molar-refractivity contribution >= 4 is 17.4 Å². The second-order valence-electron chi connectivity index (χ2n) is 7.68. The molecule has 4 heterocycles. The summed E-state index contributed by atoms with van der Waals surface area (Å²) >= 11 is 0. The van der Waals surface area contributed by atoms with Crippen molar-refractivity contribution in [1.29, 1.82) is 0 Å². The van der Waals surface area contributed by atoms with Crippen LogP contribution in [-0.2, 0) is 9.53 Å². The van der Waals surface area contributed by atoms with Crippen LogP contribution in [0.4, 0.5) is 0 Å². The van der Waals surface area contributed by atoms with Gasteiger partial charge in [-0.25, -0.2) is 4.52 Å². The number of hydrogen-bond acceptors (Lipinski definition) is 5. The molecular weight excluding hydrogens is 332 g/mol. The molecule has 2 aromatic rings. The van der Waals surface area contributed by atoms with E-state index in [1.165, 1.54) is 0 Å². The third-order valence-electron chi connectivity index (χ3n) is 5.55. The van der Waals surface area contributed by atoms with Crippen molar-refractivity contribution in [1.82, 2.24) is 19.4 Å². The average Bonchev–Trinajstić information content (AvgIpc) is 3.19. The van der Waals surface area contributed by atoms with E-state index in [1.54, 1.807) is 23.0 Å². The molecule has 1 unspecified atom stereocenters. The van der Waals surface area contributed by atoms with Crippen LogP contribution in [0.1, 0.15) is 29.6 Å². The fourth-order valence-electron chi connectivity index (χ4n) is 4.13. The molecule has 2 aliphatic rings. The summed E-state index contributed by atoms with van der Waals surface area (Å²) in [6, 6.07) is 5.53. The van der Waals surface area contributed by atoms with Gasteiger partial charge in [-0.05, 0) is 45.1 Å². The molecule has 7 nitrogen and oxygen atoms in total. The molecule has 0 aliphatic carbocycles. The summed E-state index contributed by atoms with van der Waals surface area (Å²) in [5, 5.41) is 4.15. The zero-order chi connectivity index (χ0) is 18.3. The van der Waals surface area contributed by atoms with Crippen LogP contribution in [0.3, 0.4) is 0 Å². The molecule has 26 heavy (non-hydrogen) atoms. The number of pyridine rings is 1. The van der Waals surface area contributed by atoms with Gasteiger partial charge in [0.05, 0.1) is 10.9 Å². The number of amides is 1. The summed E-state index contributed by atoms with van der Waals surface area (Å²) in [5.74, 6) is -0.0723. The van der Waals surface area contributed by atoms with E-state index in [9.17, 15) is 9.59 Å². The van der Waals surface area contributed by atoms with E-state index >= 15 is 0 Å². The molecule has 0 bridgehead atoms. The first-order valence-corrected chi connectivity index (χ1v) is 9.05. The highest BCUT2D eigenvalue weighted by atomic mass is 16.6. The van der Waals surface area contributed by atoms with Crippen molar-refractivity contribution in [3.05, 3.63) is 36.2 Å². The van der Waals surface area contributed by atoms with E-state index in [0.717, 1.165) is 18.5 Å². The molecule has 0 saturated carbocycles. The smallest absolute Gasteiger partial charge is 0.312 e. The molecule has 1 spiro atoms. The maximum Gasteiger partial charge on any atom is 0.312 e. The lowest BCUT2D eigenvalue weighted by Gasteiger charge is -2.36.